The monoisotopic (exact) mass is 500 g/mol. The van der Waals surface area contributed by atoms with Gasteiger partial charge in [-0.15, -0.1) is 0 Å². The molecule has 8 heteroatoms. The summed E-state index contributed by atoms with van der Waals surface area (Å²) in [5.41, 5.74) is 2.36. The summed E-state index contributed by atoms with van der Waals surface area (Å²) in [6, 6.07) is 15.0. The molecule has 0 unspecified atom stereocenters. The average Bonchev–Trinajstić information content (AvgIpc) is 3.21. The lowest BCUT2D eigenvalue weighted by Gasteiger charge is -2.26. The molecule has 5 rings (SSSR count). The third-order valence-electron chi connectivity index (χ3n) is 7.15. The van der Waals surface area contributed by atoms with Crippen molar-refractivity contribution in [2.45, 2.75) is 52.0 Å². The fraction of sp³-hybridized carbons (Fsp3) is 0.310. The molecule has 0 bridgehead atoms. The van der Waals surface area contributed by atoms with Gasteiger partial charge in [-0.2, -0.15) is 0 Å². The van der Waals surface area contributed by atoms with E-state index in [0.29, 0.717) is 16.7 Å². The minimum atomic E-state index is -0.638. The average molecular weight is 501 g/mol. The van der Waals surface area contributed by atoms with E-state index in [-0.39, 0.29) is 23.9 Å². The van der Waals surface area contributed by atoms with E-state index in [1.54, 1.807) is 13.0 Å². The summed E-state index contributed by atoms with van der Waals surface area (Å²) in [5.74, 6) is -0.721. The summed E-state index contributed by atoms with van der Waals surface area (Å²) >= 11 is 0. The Morgan fingerprint density at radius 1 is 0.973 bits per heavy atom. The maximum atomic E-state index is 13.2. The molecule has 4 aromatic rings. The number of aromatic nitrogens is 1. The van der Waals surface area contributed by atoms with Crippen LogP contribution in [0.2, 0.25) is 0 Å². The van der Waals surface area contributed by atoms with Gasteiger partial charge in [0.25, 0.3) is 5.69 Å². The Morgan fingerprint density at radius 2 is 1.65 bits per heavy atom. The summed E-state index contributed by atoms with van der Waals surface area (Å²) in [5, 5.41) is 13.3. The zero-order valence-corrected chi connectivity index (χ0v) is 20.9. The van der Waals surface area contributed by atoms with Crippen molar-refractivity contribution in [2.75, 3.05) is 6.61 Å². The van der Waals surface area contributed by atoms with E-state index in [1.807, 2.05) is 31.2 Å². The highest BCUT2D eigenvalue weighted by atomic mass is 16.6. The second-order valence-electron chi connectivity index (χ2n) is 9.35. The van der Waals surface area contributed by atoms with Crippen LogP contribution in [0.4, 0.5) is 5.69 Å². The Bertz CT molecular complexity index is 1510. The van der Waals surface area contributed by atoms with Crippen LogP contribution in [0.3, 0.4) is 0 Å². The third kappa shape index (κ3) is 4.43. The van der Waals surface area contributed by atoms with Crippen molar-refractivity contribution >= 4 is 39.3 Å². The summed E-state index contributed by atoms with van der Waals surface area (Å²) in [4.78, 5) is 36.6. The second-order valence-corrected chi connectivity index (χ2v) is 9.35. The van der Waals surface area contributed by atoms with Crippen LogP contribution in [0.15, 0.2) is 54.6 Å². The normalized spacial score (nSPS) is 14.1. The quantitative estimate of drug-likeness (QED) is 0.123. The molecule has 3 aromatic carbocycles. The molecule has 1 aliphatic rings. The summed E-state index contributed by atoms with van der Waals surface area (Å²) in [7, 11) is 0. The van der Waals surface area contributed by atoms with Crippen molar-refractivity contribution in [2.24, 2.45) is 0 Å². The lowest BCUT2D eigenvalue weighted by molar-refractivity contribution is -0.384. The first-order chi connectivity index (χ1) is 17.9. The molecule has 1 aromatic heterocycles. The molecular formula is C29H28N2O6. The summed E-state index contributed by atoms with van der Waals surface area (Å²) < 4.78 is 13.6. The van der Waals surface area contributed by atoms with Crippen molar-refractivity contribution in [1.82, 2.24) is 4.57 Å². The summed E-state index contributed by atoms with van der Waals surface area (Å²) in [6.45, 7) is 3.99. The predicted molar refractivity (Wildman–Crippen MR) is 140 cm³/mol. The minimum Gasteiger partial charge on any atom is -0.462 e. The molecule has 0 saturated heterocycles. The Hall–Kier alpha value is -4.20. The fourth-order valence-corrected chi connectivity index (χ4v) is 5.48. The smallest absolute Gasteiger partial charge is 0.343 e. The highest BCUT2D eigenvalue weighted by Crippen LogP contribution is 2.42. The lowest BCUT2D eigenvalue weighted by Crippen LogP contribution is -2.15. The van der Waals surface area contributed by atoms with Gasteiger partial charge in [-0.1, -0.05) is 43.5 Å². The van der Waals surface area contributed by atoms with Crippen molar-refractivity contribution in [3.8, 4) is 5.75 Å². The molecule has 37 heavy (non-hydrogen) atoms. The second kappa shape index (κ2) is 10.0. The molecular weight excluding hydrogens is 472 g/mol. The van der Waals surface area contributed by atoms with E-state index >= 15 is 0 Å². The van der Waals surface area contributed by atoms with E-state index < -0.39 is 16.9 Å². The number of nitrogens with zero attached hydrogens (tertiary/aromatic N) is 2. The molecule has 0 amide bonds. The van der Waals surface area contributed by atoms with Crippen LogP contribution in [-0.4, -0.2) is 28.0 Å². The first-order valence-corrected chi connectivity index (χ1v) is 12.6. The highest BCUT2D eigenvalue weighted by molar-refractivity contribution is 6.17. The van der Waals surface area contributed by atoms with Crippen molar-refractivity contribution in [3.05, 3.63) is 81.5 Å². The molecule has 0 atom stereocenters. The van der Waals surface area contributed by atoms with Gasteiger partial charge in [0, 0.05) is 40.0 Å². The van der Waals surface area contributed by atoms with Crippen LogP contribution in [0.25, 0.3) is 21.7 Å². The van der Waals surface area contributed by atoms with Gasteiger partial charge in [0.15, 0.2) is 0 Å². The Morgan fingerprint density at radius 3 is 2.30 bits per heavy atom. The van der Waals surface area contributed by atoms with Gasteiger partial charge in [-0.05, 0) is 44.9 Å². The van der Waals surface area contributed by atoms with Crippen LogP contribution in [0.5, 0.6) is 5.75 Å². The number of hydrogen-bond donors (Lipinski definition) is 0. The van der Waals surface area contributed by atoms with Gasteiger partial charge in [0.2, 0.25) is 0 Å². The largest absolute Gasteiger partial charge is 0.462 e. The number of hydrogen-bond acceptors (Lipinski definition) is 6. The topological polar surface area (TPSA) is 101 Å². The van der Waals surface area contributed by atoms with Crippen LogP contribution < -0.4 is 4.74 Å². The predicted octanol–water partition coefficient (Wildman–Crippen LogP) is 6.91. The van der Waals surface area contributed by atoms with Crippen molar-refractivity contribution in [1.29, 1.82) is 0 Å². The van der Waals surface area contributed by atoms with Crippen LogP contribution in [-0.2, 0) is 4.74 Å². The van der Waals surface area contributed by atoms with E-state index in [0.717, 1.165) is 47.7 Å². The third-order valence-corrected chi connectivity index (χ3v) is 7.15. The number of nitro groups is 1. The van der Waals surface area contributed by atoms with Crippen LogP contribution in [0, 0.1) is 17.0 Å². The molecule has 1 heterocycles. The lowest BCUT2D eigenvalue weighted by atomic mass is 9.94. The maximum absolute atomic E-state index is 13.2. The number of esters is 2. The van der Waals surface area contributed by atoms with Gasteiger partial charge in [-0.3, -0.25) is 10.1 Å². The van der Waals surface area contributed by atoms with Gasteiger partial charge in [-0.25, -0.2) is 9.59 Å². The molecule has 0 radical (unpaired) electrons. The van der Waals surface area contributed by atoms with Gasteiger partial charge in [0.1, 0.15) is 5.75 Å². The number of fused-ring (bicyclic) bond motifs is 3. The number of nitro benzene ring substituents is 1. The Kier molecular flexibility index (Phi) is 6.65. The van der Waals surface area contributed by atoms with Crippen molar-refractivity contribution < 1.29 is 24.0 Å². The zero-order chi connectivity index (χ0) is 26.1. The fourth-order valence-electron chi connectivity index (χ4n) is 5.48. The first kappa shape index (κ1) is 24.5. The highest BCUT2D eigenvalue weighted by Gasteiger charge is 2.28. The van der Waals surface area contributed by atoms with E-state index in [4.69, 9.17) is 9.47 Å². The Labute approximate surface area is 213 Å². The number of non-ortho nitro benzene ring substituents is 1. The van der Waals surface area contributed by atoms with Crippen LogP contribution in [0.1, 0.15) is 71.5 Å². The number of ether oxygens (including phenoxy) is 2. The summed E-state index contributed by atoms with van der Waals surface area (Å²) in [6.07, 6.45) is 5.57. The number of benzene rings is 3. The molecule has 1 aliphatic carbocycles. The minimum absolute atomic E-state index is 0.109. The molecule has 0 N–H and O–H groups in total. The maximum Gasteiger partial charge on any atom is 0.343 e. The van der Waals surface area contributed by atoms with Gasteiger partial charge in [0.05, 0.1) is 28.2 Å². The zero-order valence-electron chi connectivity index (χ0n) is 20.9. The number of rotatable bonds is 6. The van der Waals surface area contributed by atoms with Gasteiger partial charge < -0.3 is 14.0 Å². The Balaban J connectivity index is 1.69. The van der Waals surface area contributed by atoms with Crippen molar-refractivity contribution in [3.63, 3.8) is 0 Å². The van der Waals surface area contributed by atoms with Gasteiger partial charge >= 0.3 is 11.9 Å². The SMILES string of the molecule is CCOC(=O)c1c(C)n(C2CCCCC2)c2c1cc(OC(=O)c1ccc([N+](=O)[O-])cc1)c1ccccc12. The van der Waals surface area contributed by atoms with E-state index in [2.05, 4.69) is 4.57 Å². The van der Waals surface area contributed by atoms with E-state index in [1.165, 1.54) is 30.7 Å². The van der Waals surface area contributed by atoms with E-state index in [9.17, 15) is 19.7 Å². The molecule has 0 aliphatic heterocycles. The molecule has 1 saturated carbocycles. The standard InChI is InChI=1S/C29H28N2O6/c1-3-36-29(33)26-18(2)30(20-9-5-4-6-10-20)27-23-12-8-7-11-22(23)25(17-24(26)27)37-28(32)19-13-15-21(16-14-19)31(34)35/h7-8,11-17,20H,3-6,9-10H2,1-2H3. The van der Waals surface area contributed by atoms with Crippen LogP contribution >= 0.6 is 0 Å². The molecule has 0 spiro atoms. The molecule has 1 fully saturated rings. The molecule has 190 valence electrons. The molecule has 8 nitrogen and oxygen atoms in total. The number of carbonyl (C=O) groups excluding carboxylic acids is 2. The first-order valence-electron chi connectivity index (χ1n) is 12.6. The number of carbonyl (C=O) groups is 2.